The molecule has 3 nitrogen and oxygen atoms in total. The van der Waals surface area contributed by atoms with Gasteiger partial charge in [-0.15, -0.1) is 0 Å². The number of halogens is 1. The Kier molecular flexibility index (Phi) is 7.90. The minimum absolute atomic E-state index is 0.0499. The predicted octanol–water partition coefficient (Wildman–Crippen LogP) is 4.43. The van der Waals surface area contributed by atoms with E-state index < -0.39 is 13.3 Å². The Balaban J connectivity index is 3.21. The number of hydrogen-bond donors (Lipinski definition) is 0. The van der Waals surface area contributed by atoms with Crippen LogP contribution in [0.25, 0.3) is 0 Å². The van der Waals surface area contributed by atoms with Gasteiger partial charge in [-0.1, -0.05) is 50.0 Å². The summed E-state index contributed by atoms with van der Waals surface area (Å²) in [6.07, 6.45) is 1.08. The van der Waals surface area contributed by atoms with E-state index in [1.807, 2.05) is 49.1 Å². The maximum absolute atomic E-state index is 13.0. The first-order valence-electron chi connectivity index (χ1n) is 8.49. The van der Waals surface area contributed by atoms with Gasteiger partial charge in [0.2, 0.25) is 0 Å². The van der Waals surface area contributed by atoms with Crippen molar-refractivity contribution in [1.82, 2.24) is 4.90 Å². The minimum atomic E-state index is -2.03. The van der Waals surface area contributed by atoms with Crippen LogP contribution < -0.4 is 0 Å². The Bertz CT molecular complexity index is 602. The first kappa shape index (κ1) is 20.7. The van der Waals surface area contributed by atoms with Crippen molar-refractivity contribution in [2.75, 3.05) is 13.1 Å². The second kappa shape index (κ2) is 9.18. The van der Waals surface area contributed by atoms with Gasteiger partial charge in [0, 0.05) is 24.7 Å². The zero-order chi connectivity index (χ0) is 18.3. The predicted molar refractivity (Wildman–Crippen MR) is 104 cm³/mol. The lowest BCUT2D eigenvalue weighted by Crippen LogP contribution is -2.38. The van der Waals surface area contributed by atoms with Crippen molar-refractivity contribution in [2.45, 2.75) is 46.3 Å². The first-order valence-corrected chi connectivity index (χ1v) is 12.4. The van der Waals surface area contributed by atoms with Crippen LogP contribution in [-0.2, 0) is 16.0 Å². The molecule has 0 N–H and O–H groups in total. The number of hydrogen-bond acceptors (Lipinski definition) is 3. The Labute approximate surface area is 151 Å². The quantitative estimate of drug-likeness (QED) is 0.369. The molecule has 1 aromatic carbocycles. The van der Waals surface area contributed by atoms with Gasteiger partial charge in [-0.2, -0.15) is 0 Å². The number of carbonyl (C=O) groups excluding carboxylic acids is 2. The lowest BCUT2D eigenvalue weighted by atomic mass is 10.1. The lowest BCUT2D eigenvalue weighted by Gasteiger charge is -2.29. The molecule has 132 valence electrons. The average Bonchev–Trinajstić information content (AvgIpc) is 2.52. The number of Topliss-reactive ketones (excluding diaryl/α,β-unsaturated/α-hetero) is 1. The van der Waals surface area contributed by atoms with E-state index in [0.29, 0.717) is 36.8 Å². The van der Waals surface area contributed by atoms with Gasteiger partial charge in [0.25, 0.3) is 5.24 Å². The summed E-state index contributed by atoms with van der Waals surface area (Å²) in [6, 6.07) is 9.94. The topological polar surface area (TPSA) is 37.4 Å². The smallest absolute Gasteiger partial charge is 0.268 e. The van der Waals surface area contributed by atoms with E-state index in [4.69, 9.17) is 11.6 Å². The van der Waals surface area contributed by atoms with Crippen LogP contribution in [0.1, 0.15) is 25.8 Å². The van der Waals surface area contributed by atoms with E-state index >= 15 is 0 Å². The zero-order valence-corrected chi connectivity index (χ0v) is 17.1. The fraction of sp³-hybridized carbons (Fsp3) is 0.474. The van der Waals surface area contributed by atoms with E-state index in [-0.39, 0.29) is 5.78 Å². The monoisotopic (exact) mass is 365 g/mol. The molecule has 0 radical (unpaired) electrons. The van der Waals surface area contributed by atoms with E-state index in [0.717, 1.165) is 5.56 Å². The highest BCUT2D eigenvalue weighted by molar-refractivity contribution is 6.88. The fourth-order valence-corrected chi connectivity index (χ4v) is 5.09. The highest BCUT2D eigenvalue weighted by Crippen LogP contribution is 2.25. The van der Waals surface area contributed by atoms with E-state index in [9.17, 15) is 9.59 Å². The van der Waals surface area contributed by atoms with Crippen molar-refractivity contribution in [2.24, 2.45) is 0 Å². The van der Waals surface area contributed by atoms with Gasteiger partial charge in [0.1, 0.15) is 0 Å². The Hall–Kier alpha value is -1.39. The third kappa shape index (κ3) is 5.60. The molecule has 24 heavy (non-hydrogen) atoms. The van der Waals surface area contributed by atoms with Crippen LogP contribution in [0.2, 0.25) is 19.6 Å². The molecule has 0 saturated carbocycles. The molecule has 0 aliphatic heterocycles. The van der Waals surface area contributed by atoms with Crippen LogP contribution in [0, 0.1) is 0 Å². The fourth-order valence-electron chi connectivity index (χ4n) is 2.85. The third-order valence-corrected chi connectivity index (χ3v) is 6.21. The number of allylic oxidation sites excluding steroid dienone is 2. The van der Waals surface area contributed by atoms with Crippen molar-refractivity contribution in [1.29, 1.82) is 0 Å². The van der Waals surface area contributed by atoms with Crippen molar-refractivity contribution < 1.29 is 9.59 Å². The van der Waals surface area contributed by atoms with Gasteiger partial charge >= 0.3 is 0 Å². The van der Waals surface area contributed by atoms with Gasteiger partial charge in [-0.25, -0.2) is 0 Å². The molecule has 0 spiro atoms. The summed E-state index contributed by atoms with van der Waals surface area (Å²) >= 11 is 5.89. The average molecular weight is 366 g/mol. The van der Waals surface area contributed by atoms with Crippen LogP contribution in [0.15, 0.2) is 41.2 Å². The third-order valence-electron chi connectivity index (χ3n) is 4.02. The molecule has 0 aromatic heterocycles. The molecule has 0 saturated heterocycles. The molecule has 0 bridgehead atoms. The van der Waals surface area contributed by atoms with Gasteiger partial charge < -0.3 is 4.90 Å². The summed E-state index contributed by atoms with van der Waals surface area (Å²) in [5.41, 5.74) is 1.54. The van der Waals surface area contributed by atoms with Gasteiger partial charge in [0.05, 0.1) is 13.8 Å². The number of benzene rings is 1. The molecule has 1 rings (SSSR count). The summed E-state index contributed by atoms with van der Waals surface area (Å²) in [7, 11) is -2.03. The summed E-state index contributed by atoms with van der Waals surface area (Å²) < 4.78 is 0. The molecule has 1 aromatic rings. The maximum atomic E-state index is 13.0. The Morgan fingerprint density at radius 1 is 1.04 bits per heavy atom. The Morgan fingerprint density at radius 2 is 1.58 bits per heavy atom. The van der Waals surface area contributed by atoms with Crippen LogP contribution in [-0.4, -0.2) is 37.1 Å². The molecule has 5 heteroatoms. The van der Waals surface area contributed by atoms with Crippen molar-refractivity contribution in [3.8, 4) is 0 Å². The Morgan fingerprint density at radius 3 is 2.00 bits per heavy atom. The summed E-state index contributed by atoms with van der Waals surface area (Å²) in [5, 5.41) is 0.145. The van der Waals surface area contributed by atoms with E-state index in [1.165, 1.54) is 0 Å². The maximum Gasteiger partial charge on any atom is 0.268 e. The second-order valence-electron chi connectivity index (χ2n) is 6.83. The van der Waals surface area contributed by atoms with Crippen LogP contribution in [0.4, 0.5) is 0 Å². The molecule has 0 atom stereocenters. The molecule has 0 aliphatic carbocycles. The summed E-state index contributed by atoms with van der Waals surface area (Å²) in [4.78, 5) is 27.0. The number of ketones is 1. The van der Waals surface area contributed by atoms with Gasteiger partial charge in [-0.05, 0) is 37.4 Å². The normalized spacial score (nSPS) is 12.6. The van der Waals surface area contributed by atoms with Crippen molar-refractivity contribution in [3.63, 3.8) is 0 Å². The minimum Gasteiger partial charge on any atom is -0.368 e. The molecular formula is C19H28ClNO2Si. The molecule has 0 heterocycles. The van der Waals surface area contributed by atoms with Crippen molar-refractivity contribution in [3.05, 3.63) is 46.8 Å². The highest BCUT2D eigenvalue weighted by Gasteiger charge is 2.33. The molecule has 0 fully saturated rings. The standard InChI is InChI=1S/C19H28ClNO2Si/c1-6-21(7-2)17(19(20)23)18(24(3,4)5)16(22)14-13-15-11-9-8-10-12-15/h8-12H,6-7,13-14H2,1-5H3/b18-17-. The van der Waals surface area contributed by atoms with Crippen LogP contribution >= 0.6 is 11.6 Å². The van der Waals surface area contributed by atoms with E-state index in [2.05, 4.69) is 19.6 Å². The number of rotatable bonds is 9. The molecule has 0 amide bonds. The molecule has 0 aliphatic rings. The highest BCUT2D eigenvalue weighted by atomic mass is 35.5. The second-order valence-corrected chi connectivity index (χ2v) is 12.2. The summed E-state index contributed by atoms with van der Waals surface area (Å²) in [6.45, 7) is 11.5. The number of carbonyl (C=O) groups is 2. The van der Waals surface area contributed by atoms with Gasteiger partial charge in [-0.3, -0.25) is 9.59 Å². The lowest BCUT2D eigenvalue weighted by molar-refractivity contribution is -0.116. The van der Waals surface area contributed by atoms with Gasteiger partial charge in [0.15, 0.2) is 5.78 Å². The SMILES string of the molecule is CCN(CC)/C(C(=O)Cl)=C(/C(=O)CCc1ccccc1)[Si](C)(C)C. The first-order chi connectivity index (χ1) is 11.2. The largest absolute Gasteiger partial charge is 0.368 e. The van der Waals surface area contributed by atoms with Crippen LogP contribution in [0.5, 0.6) is 0 Å². The van der Waals surface area contributed by atoms with Crippen molar-refractivity contribution >= 4 is 30.7 Å². The summed E-state index contributed by atoms with van der Waals surface area (Å²) in [5.74, 6) is 0.0499. The molecule has 0 unspecified atom stereocenters. The van der Waals surface area contributed by atoms with Crippen LogP contribution in [0.3, 0.4) is 0 Å². The number of nitrogens with zero attached hydrogens (tertiary/aromatic N) is 1. The number of likely N-dealkylation sites (N-methyl/N-ethyl adjacent to an activating group) is 1. The van der Waals surface area contributed by atoms with E-state index in [1.54, 1.807) is 0 Å². The number of aryl methyl sites for hydroxylation is 1. The molecular weight excluding hydrogens is 338 g/mol. The zero-order valence-electron chi connectivity index (χ0n) is 15.4.